The van der Waals surface area contributed by atoms with Gasteiger partial charge in [-0.05, 0) is 43.2 Å². The normalized spacial score (nSPS) is 14.7. The molecule has 1 aromatic carbocycles. The second-order valence-corrected chi connectivity index (χ2v) is 7.43. The molecule has 0 atom stereocenters. The van der Waals surface area contributed by atoms with Crippen molar-refractivity contribution in [3.8, 4) is 11.4 Å². The Bertz CT molecular complexity index is 1010. The van der Waals surface area contributed by atoms with E-state index < -0.39 is 5.97 Å². The van der Waals surface area contributed by atoms with E-state index in [4.69, 9.17) is 4.74 Å². The molecule has 4 rings (SSSR count). The number of amides is 1. The summed E-state index contributed by atoms with van der Waals surface area (Å²) in [5, 5.41) is 0. The Morgan fingerprint density at radius 3 is 2.79 bits per heavy atom. The number of nitrogens with one attached hydrogen (secondary N) is 1. The van der Waals surface area contributed by atoms with Crippen LogP contribution in [0.5, 0.6) is 0 Å². The average Bonchev–Trinajstić information content (AvgIpc) is 3.21. The predicted octanol–water partition coefficient (Wildman–Crippen LogP) is 3.57. The van der Waals surface area contributed by atoms with Crippen molar-refractivity contribution in [1.29, 1.82) is 0 Å². The molecule has 0 radical (unpaired) electrons. The maximum atomic E-state index is 12.4. The van der Waals surface area contributed by atoms with Crippen molar-refractivity contribution in [2.75, 3.05) is 13.7 Å². The first-order chi connectivity index (χ1) is 14.1. The molecule has 1 aliphatic carbocycles. The lowest BCUT2D eigenvalue weighted by Crippen LogP contribution is -2.40. The fourth-order valence-corrected chi connectivity index (χ4v) is 3.76. The van der Waals surface area contributed by atoms with Crippen LogP contribution in [0.3, 0.4) is 0 Å². The number of imidazole rings is 1. The summed E-state index contributed by atoms with van der Waals surface area (Å²) >= 11 is 0. The van der Waals surface area contributed by atoms with Gasteiger partial charge in [-0.1, -0.05) is 19.3 Å². The van der Waals surface area contributed by atoms with Crippen molar-refractivity contribution in [3.05, 3.63) is 48.3 Å². The third-order valence-corrected chi connectivity index (χ3v) is 5.50. The molecule has 7 nitrogen and oxygen atoms in total. The first-order valence-corrected chi connectivity index (χ1v) is 9.95. The molecule has 0 spiro atoms. The van der Waals surface area contributed by atoms with Crippen molar-refractivity contribution < 1.29 is 14.3 Å². The molecule has 1 aliphatic rings. The summed E-state index contributed by atoms with van der Waals surface area (Å²) in [6.45, 7) is -0.242. The third kappa shape index (κ3) is 4.29. The Balaban J connectivity index is 1.41. The maximum Gasteiger partial charge on any atom is 0.338 e. The number of pyridine rings is 1. The third-order valence-electron chi connectivity index (χ3n) is 5.50. The number of benzene rings is 1. The molecular weight excluding hydrogens is 368 g/mol. The zero-order chi connectivity index (χ0) is 20.2. The monoisotopic (exact) mass is 392 g/mol. The van der Waals surface area contributed by atoms with Gasteiger partial charge in [0.15, 0.2) is 6.61 Å². The number of rotatable bonds is 5. The van der Waals surface area contributed by atoms with Gasteiger partial charge in [-0.25, -0.2) is 9.78 Å². The number of carbonyl (C=O) groups excluding carboxylic acids is 2. The van der Waals surface area contributed by atoms with Crippen LogP contribution in [0.25, 0.3) is 22.4 Å². The Morgan fingerprint density at radius 1 is 1.21 bits per heavy atom. The number of H-pyrrole nitrogens is 1. The molecule has 1 amide bonds. The van der Waals surface area contributed by atoms with Crippen LogP contribution in [0.15, 0.2) is 42.7 Å². The zero-order valence-electron chi connectivity index (χ0n) is 16.4. The molecule has 1 saturated carbocycles. The van der Waals surface area contributed by atoms with Crippen molar-refractivity contribution >= 4 is 22.9 Å². The molecule has 0 unspecified atom stereocenters. The average molecular weight is 392 g/mol. The number of hydrogen-bond donors (Lipinski definition) is 1. The second kappa shape index (κ2) is 8.43. The van der Waals surface area contributed by atoms with Crippen molar-refractivity contribution in [2.24, 2.45) is 0 Å². The lowest BCUT2D eigenvalue weighted by atomic mass is 9.94. The van der Waals surface area contributed by atoms with E-state index >= 15 is 0 Å². The minimum atomic E-state index is -0.519. The van der Waals surface area contributed by atoms with E-state index in [1.54, 1.807) is 42.5 Å². The second-order valence-electron chi connectivity index (χ2n) is 7.43. The van der Waals surface area contributed by atoms with Crippen LogP contribution in [0.1, 0.15) is 42.5 Å². The van der Waals surface area contributed by atoms with Gasteiger partial charge in [0.2, 0.25) is 0 Å². The van der Waals surface area contributed by atoms with Gasteiger partial charge in [0.25, 0.3) is 5.91 Å². The minimum absolute atomic E-state index is 0.160. The Kier molecular flexibility index (Phi) is 5.55. The van der Waals surface area contributed by atoms with E-state index in [1.807, 2.05) is 12.1 Å². The van der Waals surface area contributed by atoms with Crippen LogP contribution >= 0.6 is 0 Å². The summed E-state index contributed by atoms with van der Waals surface area (Å²) in [6.07, 6.45) is 8.99. The van der Waals surface area contributed by atoms with Crippen molar-refractivity contribution in [1.82, 2.24) is 19.9 Å². The number of aromatic nitrogens is 3. The van der Waals surface area contributed by atoms with Gasteiger partial charge in [0.05, 0.1) is 16.6 Å². The highest BCUT2D eigenvalue weighted by Gasteiger charge is 2.23. The molecule has 1 fully saturated rings. The number of ether oxygens (including phenoxy) is 1. The quantitative estimate of drug-likeness (QED) is 0.671. The Hall–Kier alpha value is -3.22. The number of likely N-dealkylation sites (N-methyl/N-ethyl adjacent to an activating group) is 1. The molecule has 2 aromatic heterocycles. The minimum Gasteiger partial charge on any atom is -0.452 e. The predicted molar refractivity (Wildman–Crippen MR) is 109 cm³/mol. The van der Waals surface area contributed by atoms with Crippen LogP contribution in [0.2, 0.25) is 0 Å². The topological polar surface area (TPSA) is 88.2 Å². The fraction of sp³-hybridized carbons (Fsp3) is 0.364. The molecule has 1 N–H and O–H groups in total. The standard InChI is InChI=1S/C22H24N4O3/c1-26(17-7-3-2-4-8-17)20(27)14-29-22(28)15-9-10-18-19(12-15)25-21(24-18)16-6-5-11-23-13-16/h5-6,9-13,17H,2-4,7-8,14H2,1H3,(H,24,25). The lowest BCUT2D eigenvalue weighted by molar-refractivity contribution is -0.135. The van der Waals surface area contributed by atoms with Gasteiger partial charge in [0, 0.05) is 31.0 Å². The Morgan fingerprint density at radius 2 is 2.03 bits per heavy atom. The molecule has 0 aliphatic heterocycles. The van der Waals surface area contributed by atoms with Crippen molar-refractivity contribution in [3.63, 3.8) is 0 Å². The summed E-state index contributed by atoms with van der Waals surface area (Å²) in [5.74, 6) is 0.00413. The summed E-state index contributed by atoms with van der Waals surface area (Å²) in [6, 6.07) is 9.12. The van der Waals surface area contributed by atoms with E-state index in [0.717, 1.165) is 42.3 Å². The largest absolute Gasteiger partial charge is 0.452 e. The van der Waals surface area contributed by atoms with E-state index in [0.29, 0.717) is 11.4 Å². The highest BCUT2D eigenvalue weighted by Crippen LogP contribution is 2.22. The fourth-order valence-electron chi connectivity index (χ4n) is 3.76. The van der Waals surface area contributed by atoms with Gasteiger partial charge < -0.3 is 14.6 Å². The molecule has 7 heteroatoms. The molecule has 0 saturated heterocycles. The van der Waals surface area contributed by atoms with Crippen LogP contribution in [-0.2, 0) is 9.53 Å². The van der Waals surface area contributed by atoms with Crippen LogP contribution in [-0.4, -0.2) is 51.4 Å². The van der Waals surface area contributed by atoms with Crippen LogP contribution in [0, 0.1) is 0 Å². The number of nitrogens with zero attached hydrogens (tertiary/aromatic N) is 3. The molecule has 0 bridgehead atoms. The van der Waals surface area contributed by atoms with Crippen molar-refractivity contribution in [2.45, 2.75) is 38.1 Å². The van der Waals surface area contributed by atoms with Crippen LogP contribution in [0.4, 0.5) is 0 Å². The van der Waals surface area contributed by atoms with Gasteiger partial charge in [0.1, 0.15) is 5.82 Å². The summed E-state index contributed by atoms with van der Waals surface area (Å²) in [5.41, 5.74) is 2.72. The van der Waals surface area contributed by atoms with E-state index in [1.165, 1.54) is 6.42 Å². The van der Waals surface area contributed by atoms with E-state index in [-0.39, 0.29) is 18.6 Å². The summed E-state index contributed by atoms with van der Waals surface area (Å²) < 4.78 is 5.27. The van der Waals surface area contributed by atoms with Gasteiger partial charge in [-0.15, -0.1) is 0 Å². The summed E-state index contributed by atoms with van der Waals surface area (Å²) in [4.78, 5) is 38.4. The SMILES string of the molecule is CN(C(=O)COC(=O)c1ccc2nc(-c3cccnc3)[nH]c2c1)C1CCCCC1. The number of hydrogen-bond acceptors (Lipinski definition) is 5. The highest BCUT2D eigenvalue weighted by molar-refractivity contribution is 5.95. The number of esters is 1. The van der Waals surface area contributed by atoms with Gasteiger partial charge >= 0.3 is 5.97 Å². The molecule has 3 aromatic rings. The van der Waals surface area contributed by atoms with E-state index in [9.17, 15) is 9.59 Å². The summed E-state index contributed by atoms with van der Waals surface area (Å²) in [7, 11) is 1.79. The maximum absolute atomic E-state index is 12.4. The Labute approximate surface area is 169 Å². The number of aromatic amines is 1. The number of carbonyl (C=O) groups is 2. The smallest absolute Gasteiger partial charge is 0.338 e. The highest BCUT2D eigenvalue weighted by atomic mass is 16.5. The van der Waals surface area contributed by atoms with Gasteiger partial charge in [-0.2, -0.15) is 0 Å². The van der Waals surface area contributed by atoms with E-state index in [2.05, 4.69) is 15.0 Å². The zero-order valence-corrected chi connectivity index (χ0v) is 16.4. The lowest BCUT2D eigenvalue weighted by Gasteiger charge is -2.31. The number of fused-ring (bicyclic) bond motifs is 1. The molecule has 2 heterocycles. The van der Waals surface area contributed by atoms with Crippen LogP contribution < -0.4 is 0 Å². The first kappa shape index (κ1) is 19.1. The molecular formula is C22H24N4O3. The molecule has 29 heavy (non-hydrogen) atoms. The van der Waals surface area contributed by atoms with Gasteiger partial charge in [-0.3, -0.25) is 9.78 Å². The molecule has 150 valence electrons. The first-order valence-electron chi connectivity index (χ1n) is 9.95.